The van der Waals surface area contributed by atoms with Crippen molar-refractivity contribution in [2.24, 2.45) is 0 Å². The van der Waals surface area contributed by atoms with Crippen molar-refractivity contribution in [2.75, 3.05) is 0 Å². The maximum atomic E-state index is 11.9. The third-order valence-electron chi connectivity index (χ3n) is 3.14. The van der Waals surface area contributed by atoms with Crippen LogP contribution in [0.4, 0.5) is 0 Å². The summed E-state index contributed by atoms with van der Waals surface area (Å²) in [6.45, 7) is -0.0742. The van der Waals surface area contributed by atoms with Crippen LogP contribution in [0.1, 0.15) is 0 Å². The number of benzene rings is 3. The quantitative estimate of drug-likeness (QED) is 0.322. The van der Waals surface area contributed by atoms with Gasteiger partial charge in [-0.25, -0.2) is 0 Å². The Balaban J connectivity index is 0.00000161. The van der Waals surface area contributed by atoms with Crippen molar-refractivity contribution in [1.29, 1.82) is 0 Å². The predicted molar refractivity (Wildman–Crippen MR) is 82.9 cm³/mol. The molecule has 0 aliphatic rings. The second-order valence-electron chi connectivity index (χ2n) is 4.32. The topological polar surface area (TPSA) is 60.4 Å². The molecule has 0 bridgehead atoms. The maximum absolute atomic E-state index is 11.9. The van der Waals surface area contributed by atoms with E-state index < -0.39 is 10.1 Å². The number of rotatable bonds is 3. The summed E-state index contributed by atoms with van der Waals surface area (Å²) in [5.41, 5.74) is 0. The third-order valence-corrected chi connectivity index (χ3v) is 4.37. The van der Waals surface area contributed by atoms with E-state index in [2.05, 4.69) is 4.18 Å². The van der Waals surface area contributed by atoms with Gasteiger partial charge in [0.15, 0.2) is 0 Å². The van der Waals surface area contributed by atoms with Crippen LogP contribution in [0.3, 0.4) is 0 Å². The molecule has 6 heteroatoms. The molecule has 0 aliphatic heterocycles. The summed E-state index contributed by atoms with van der Waals surface area (Å²) in [6.07, 6.45) is 0. The van der Waals surface area contributed by atoms with Crippen molar-refractivity contribution in [1.82, 2.24) is 0 Å². The van der Waals surface area contributed by atoms with Crippen molar-refractivity contribution in [3.8, 4) is 0 Å². The molecule has 0 unspecified atom stereocenters. The average molecular weight is 310 g/mol. The molecule has 0 N–H and O–H groups in total. The summed E-state index contributed by atoms with van der Waals surface area (Å²) in [5, 5.41) is 3.26. The van der Waals surface area contributed by atoms with Crippen molar-refractivity contribution < 1.29 is 17.4 Å². The van der Waals surface area contributed by atoms with E-state index in [-0.39, 0.29) is 40.9 Å². The minimum absolute atomic E-state index is 0. The molecule has 0 aliphatic carbocycles. The molecule has 3 aromatic carbocycles. The van der Waals surface area contributed by atoms with E-state index in [1.807, 2.05) is 36.4 Å². The molecule has 0 aromatic heterocycles. The number of hydrogen-bond acceptors (Lipinski definition) is 4. The first-order valence-electron chi connectivity index (χ1n) is 5.90. The van der Waals surface area contributed by atoms with Crippen LogP contribution in [0.5, 0.6) is 0 Å². The summed E-state index contributed by atoms with van der Waals surface area (Å²) in [5.74, 6) is 0. The molecule has 102 valence electrons. The summed E-state index contributed by atoms with van der Waals surface area (Å²) in [7, 11) is -4.07. The van der Waals surface area contributed by atoms with E-state index in [9.17, 15) is 13.2 Å². The Labute approximate surface area is 144 Å². The van der Waals surface area contributed by atoms with E-state index in [0.717, 1.165) is 16.2 Å². The van der Waals surface area contributed by atoms with Crippen molar-refractivity contribution in [3.63, 3.8) is 0 Å². The van der Waals surface area contributed by atoms with Gasteiger partial charge in [-0.1, -0.05) is 36.4 Å². The Kier molecular flexibility index (Phi) is 4.68. The summed E-state index contributed by atoms with van der Waals surface area (Å²) in [6, 6.07) is 16.2. The Morgan fingerprint density at radius 3 is 2.14 bits per heavy atom. The first kappa shape index (κ1) is 16.0. The first-order chi connectivity index (χ1) is 9.62. The molecular formula is C15H11NaO4S. The Hall–Kier alpha value is -1.40. The Morgan fingerprint density at radius 2 is 1.48 bits per heavy atom. The Bertz CT molecular complexity index is 919. The van der Waals surface area contributed by atoms with Gasteiger partial charge in [-0.2, -0.15) is 8.42 Å². The number of hydrogen-bond donors (Lipinski definition) is 0. The number of carbonyl (C=O) groups excluding carboxylic acids is 1. The van der Waals surface area contributed by atoms with Crippen LogP contribution < -0.4 is 0 Å². The molecule has 3 aromatic rings. The van der Waals surface area contributed by atoms with Gasteiger partial charge in [0, 0.05) is 5.39 Å². The van der Waals surface area contributed by atoms with E-state index in [4.69, 9.17) is 0 Å². The van der Waals surface area contributed by atoms with Gasteiger partial charge in [0.25, 0.3) is 0 Å². The van der Waals surface area contributed by atoms with E-state index in [1.54, 1.807) is 12.1 Å². The molecule has 0 radical (unpaired) electrons. The normalized spacial score (nSPS) is 11.0. The van der Waals surface area contributed by atoms with Crippen LogP contribution in [-0.2, 0) is 19.1 Å². The summed E-state index contributed by atoms with van der Waals surface area (Å²) >= 11 is 0. The van der Waals surface area contributed by atoms with Gasteiger partial charge in [0.1, 0.15) is 4.90 Å². The van der Waals surface area contributed by atoms with E-state index >= 15 is 0 Å². The fourth-order valence-corrected chi connectivity index (χ4v) is 3.16. The second kappa shape index (κ2) is 6.15. The van der Waals surface area contributed by atoms with Gasteiger partial charge in [0.2, 0.25) is 0 Å². The number of carbonyl (C=O) groups is 1. The second-order valence-corrected chi connectivity index (χ2v) is 5.86. The zero-order chi connectivity index (χ0) is 14.2. The third kappa shape index (κ3) is 2.96. The molecular weight excluding hydrogens is 299 g/mol. The predicted octanol–water partition coefficient (Wildman–Crippen LogP) is 2.21. The van der Waals surface area contributed by atoms with Crippen LogP contribution in [0.25, 0.3) is 21.5 Å². The summed E-state index contributed by atoms with van der Waals surface area (Å²) in [4.78, 5) is 10.3. The van der Waals surface area contributed by atoms with Crippen LogP contribution in [0.15, 0.2) is 59.5 Å². The molecule has 0 saturated heterocycles. The molecule has 0 saturated carbocycles. The Morgan fingerprint density at radius 1 is 0.857 bits per heavy atom. The molecule has 4 nitrogen and oxygen atoms in total. The standard InChI is InChI=1S/C15H10O4S.Na.H/c16-10-19-20(17,18)15-7-3-6-13-8-11-4-1-2-5-12(11)9-14(13)15;;/h1-10H;;. The molecule has 3 rings (SSSR count). The summed E-state index contributed by atoms with van der Waals surface area (Å²) < 4.78 is 28.1. The van der Waals surface area contributed by atoms with Gasteiger partial charge in [-0.05, 0) is 34.4 Å². The number of fused-ring (bicyclic) bond motifs is 2. The minimum atomic E-state index is -4.07. The zero-order valence-corrected chi connectivity index (χ0v) is 11.1. The fourth-order valence-electron chi connectivity index (χ4n) is 2.26. The molecule has 21 heavy (non-hydrogen) atoms. The van der Waals surface area contributed by atoms with Crippen molar-refractivity contribution in [2.45, 2.75) is 4.90 Å². The molecule has 0 spiro atoms. The van der Waals surface area contributed by atoms with Crippen LogP contribution in [-0.4, -0.2) is 44.4 Å². The van der Waals surface area contributed by atoms with Gasteiger partial charge in [-0.15, -0.1) is 0 Å². The van der Waals surface area contributed by atoms with Gasteiger partial charge >= 0.3 is 46.1 Å². The average Bonchev–Trinajstić information content (AvgIpc) is 2.44. The molecule has 0 fully saturated rings. The van der Waals surface area contributed by atoms with Crippen LogP contribution in [0.2, 0.25) is 0 Å². The van der Waals surface area contributed by atoms with Crippen LogP contribution in [0, 0.1) is 0 Å². The van der Waals surface area contributed by atoms with Crippen molar-refractivity contribution in [3.05, 3.63) is 54.6 Å². The SMILES string of the molecule is O=COS(=O)(=O)c1cccc2cc3ccccc3cc12.[NaH]. The van der Waals surface area contributed by atoms with Gasteiger partial charge < -0.3 is 4.18 Å². The molecule has 0 heterocycles. The van der Waals surface area contributed by atoms with Gasteiger partial charge in [0.05, 0.1) is 0 Å². The van der Waals surface area contributed by atoms with E-state index in [0.29, 0.717) is 5.39 Å². The monoisotopic (exact) mass is 310 g/mol. The van der Waals surface area contributed by atoms with E-state index in [1.165, 1.54) is 6.07 Å². The zero-order valence-electron chi connectivity index (χ0n) is 10.3. The first-order valence-corrected chi connectivity index (χ1v) is 7.31. The van der Waals surface area contributed by atoms with Crippen molar-refractivity contribution >= 4 is 67.7 Å². The molecule has 0 atom stereocenters. The molecule has 0 amide bonds. The fraction of sp³-hybridized carbons (Fsp3) is 0. The van der Waals surface area contributed by atoms with Gasteiger partial charge in [-0.3, -0.25) is 4.79 Å². The van der Waals surface area contributed by atoms with Crippen LogP contribution >= 0.6 is 0 Å².